The van der Waals surface area contributed by atoms with E-state index in [1.165, 1.54) is 16.4 Å². The molecule has 1 N–H and O–H groups in total. The van der Waals surface area contributed by atoms with Crippen LogP contribution in [0.5, 0.6) is 0 Å². The zero-order valence-corrected chi connectivity index (χ0v) is 12.9. The largest absolute Gasteiger partial charge is 0.416 e. The topological polar surface area (TPSA) is 49.4 Å². The van der Waals surface area contributed by atoms with E-state index in [0.29, 0.717) is 18.7 Å². The molecule has 1 rings (SSSR count). The SMILES string of the molecule is CCN(CC)S(=O)(=O)NC(C)c1ccc(C(F)(F)F)cc1. The second kappa shape index (κ2) is 6.76. The summed E-state index contributed by atoms with van der Waals surface area (Å²) in [5.41, 5.74) is -0.288. The normalized spacial score (nSPS) is 14.4. The Labute approximate surface area is 123 Å². The van der Waals surface area contributed by atoms with Crippen LogP contribution in [0.15, 0.2) is 24.3 Å². The highest BCUT2D eigenvalue weighted by atomic mass is 32.2. The lowest BCUT2D eigenvalue weighted by Gasteiger charge is -2.22. The molecular formula is C13H19F3N2O2S. The third kappa shape index (κ3) is 4.69. The molecule has 1 atom stereocenters. The monoisotopic (exact) mass is 324 g/mol. The van der Waals surface area contributed by atoms with E-state index >= 15 is 0 Å². The maximum absolute atomic E-state index is 12.5. The molecule has 0 radical (unpaired) electrons. The molecular weight excluding hydrogens is 305 g/mol. The predicted molar refractivity (Wildman–Crippen MR) is 74.8 cm³/mol. The van der Waals surface area contributed by atoms with E-state index in [0.717, 1.165) is 12.1 Å². The zero-order valence-electron chi connectivity index (χ0n) is 12.1. The van der Waals surface area contributed by atoms with E-state index in [-0.39, 0.29) is 0 Å². The summed E-state index contributed by atoms with van der Waals surface area (Å²) in [5.74, 6) is 0. The fraction of sp³-hybridized carbons (Fsp3) is 0.538. The van der Waals surface area contributed by atoms with Crippen LogP contribution >= 0.6 is 0 Å². The minimum atomic E-state index is -4.40. The van der Waals surface area contributed by atoms with Crippen LogP contribution in [-0.2, 0) is 16.4 Å². The quantitative estimate of drug-likeness (QED) is 0.874. The molecule has 0 aliphatic heterocycles. The summed E-state index contributed by atoms with van der Waals surface area (Å²) in [7, 11) is -3.65. The third-order valence-electron chi connectivity index (χ3n) is 3.11. The fourth-order valence-electron chi connectivity index (χ4n) is 1.89. The number of hydrogen-bond donors (Lipinski definition) is 1. The summed E-state index contributed by atoms with van der Waals surface area (Å²) in [4.78, 5) is 0. The lowest BCUT2D eigenvalue weighted by atomic mass is 10.1. The van der Waals surface area contributed by atoms with Crippen molar-refractivity contribution in [3.05, 3.63) is 35.4 Å². The van der Waals surface area contributed by atoms with Gasteiger partial charge < -0.3 is 0 Å². The van der Waals surface area contributed by atoms with E-state index in [2.05, 4.69) is 4.72 Å². The van der Waals surface area contributed by atoms with Crippen LogP contribution in [0.1, 0.15) is 37.9 Å². The number of nitrogens with one attached hydrogen (secondary N) is 1. The van der Waals surface area contributed by atoms with Gasteiger partial charge in [-0.1, -0.05) is 26.0 Å². The van der Waals surface area contributed by atoms with E-state index in [1.54, 1.807) is 20.8 Å². The Morgan fingerprint density at radius 2 is 1.62 bits per heavy atom. The van der Waals surface area contributed by atoms with Crippen molar-refractivity contribution in [2.45, 2.75) is 33.0 Å². The molecule has 0 fully saturated rings. The Hall–Kier alpha value is -1.12. The summed E-state index contributed by atoms with van der Waals surface area (Å²) in [6.45, 7) is 5.66. The Bertz CT molecular complexity index is 552. The first-order chi connectivity index (χ1) is 9.61. The molecule has 0 aromatic heterocycles. The van der Waals surface area contributed by atoms with Gasteiger partial charge >= 0.3 is 6.18 Å². The van der Waals surface area contributed by atoms with Crippen LogP contribution in [0.2, 0.25) is 0 Å². The average molecular weight is 324 g/mol. The van der Waals surface area contributed by atoms with Crippen LogP contribution < -0.4 is 4.72 Å². The van der Waals surface area contributed by atoms with Gasteiger partial charge in [-0.15, -0.1) is 0 Å². The van der Waals surface area contributed by atoms with Gasteiger partial charge in [0, 0.05) is 19.1 Å². The fourth-order valence-corrected chi connectivity index (χ4v) is 3.30. The van der Waals surface area contributed by atoms with Crippen molar-refractivity contribution in [2.75, 3.05) is 13.1 Å². The number of hydrogen-bond acceptors (Lipinski definition) is 2. The van der Waals surface area contributed by atoms with Crippen LogP contribution in [0.3, 0.4) is 0 Å². The van der Waals surface area contributed by atoms with Crippen molar-refractivity contribution in [1.82, 2.24) is 9.03 Å². The number of rotatable bonds is 6. The number of nitrogens with zero attached hydrogens (tertiary/aromatic N) is 1. The highest BCUT2D eigenvalue weighted by Gasteiger charge is 2.30. The lowest BCUT2D eigenvalue weighted by Crippen LogP contribution is -2.41. The van der Waals surface area contributed by atoms with Crippen LogP contribution in [-0.4, -0.2) is 25.8 Å². The Morgan fingerprint density at radius 1 is 1.14 bits per heavy atom. The molecule has 0 aliphatic rings. The van der Waals surface area contributed by atoms with Crippen LogP contribution in [0, 0.1) is 0 Å². The molecule has 0 saturated carbocycles. The smallest absolute Gasteiger partial charge is 0.195 e. The number of alkyl halides is 3. The molecule has 0 spiro atoms. The van der Waals surface area contributed by atoms with Crippen molar-refractivity contribution in [3.63, 3.8) is 0 Å². The maximum atomic E-state index is 12.5. The van der Waals surface area contributed by atoms with Gasteiger partial charge in [0.1, 0.15) is 0 Å². The third-order valence-corrected chi connectivity index (χ3v) is 4.96. The first-order valence-corrected chi connectivity index (χ1v) is 8.00. The zero-order chi connectivity index (χ0) is 16.3. The molecule has 0 saturated heterocycles. The molecule has 1 aromatic rings. The minimum absolute atomic E-state index is 0.325. The first-order valence-electron chi connectivity index (χ1n) is 6.56. The van der Waals surface area contributed by atoms with Gasteiger partial charge in [-0.2, -0.15) is 30.6 Å². The highest BCUT2D eigenvalue weighted by Crippen LogP contribution is 2.30. The van der Waals surface area contributed by atoms with E-state index < -0.39 is 28.0 Å². The summed E-state index contributed by atoms with van der Waals surface area (Å²) < 4.78 is 65.2. The number of halogens is 3. The molecule has 1 unspecified atom stereocenters. The molecule has 1 aromatic carbocycles. The summed E-state index contributed by atoms with van der Waals surface area (Å²) >= 11 is 0. The molecule has 0 heterocycles. The molecule has 21 heavy (non-hydrogen) atoms. The summed E-state index contributed by atoms with van der Waals surface area (Å²) in [6, 6.07) is 3.82. The van der Waals surface area contributed by atoms with Crippen molar-refractivity contribution in [3.8, 4) is 0 Å². The van der Waals surface area contributed by atoms with Crippen molar-refractivity contribution < 1.29 is 21.6 Å². The van der Waals surface area contributed by atoms with Crippen LogP contribution in [0.25, 0.3) is 0 Å². The van der Waals surface area contributed by atoms with E-state index in [1.807, 2.05) is 0 Å². The molecule has 0 aliphatic carbocycles. The van der Waals surface area contributed by atoms with E-state index in [4.69, 9.17) is 0 Å². The summed E-state index contributed by atoms with van der Waals surface area (Å²) in [6.07, 6.45) is -4.40. The van der Waals surface area contributed by atoms with Gasteiger partial charge in [0.2, 0.25) is 0 Å². The minimum Gasteiger partial charge on any atom is -0.195 e. The summed E-state index contributed by atoms with van der Waals surface area (Å²) in [5, 5.41) is 0. The Morgan fingerprint density at radius 3 is 2.00 bits per heavy atom. The van der Waals surface area contributed by atoms with Crippen molar-refractivity contribution in [1.29, 1.82) is 0 Å². The Kier molecular flexibility index (Phi) is 5.77. The maximum Gasteiger partial charge on any atom is 0.416 e. The lowest BCUT2D eigenvalue weighted by molar-refractivity contribution is -0.137. The first kappa shape index (κ1) is 17.9. The van der Waals surface area contributed by atoms with Crippen LogP contribution in [0.4, 0.5) is 13.2 Å². The molecule has 4 nitrogen and oxygen atoms in total. The number of benzene rings is 1. The van der Waals surface area contributed by atoms with Gasteiger partial charge in [0.25, 0.3) is 10.2 Å². The van der Waals surface area contributed by atoms with Gasteiger partial charge in [-0.05, 0) is 24.6 Å². The molecule has 0 amide bonds. The van der Waals surface area contributed by atoms with E-state index in [9.17, 15) is 21.6 Å². The van der Waals surface area contributed by atoms with Gasteiger partial charge in [-0.25, -0.2) is 0 Å². The Balaban J connectivity index is 2.88. The molecule has 0 bridgehead atoms. The van der Waals surface area contributed by atoms with Crippen molar-refractivity contribution in [2.24, 2.45) is 0 Å². The highest BCUT2D eigenvalue weighted by molar-refractivity contribution is 7.87. The molecule has 120 valence electrons. The van der Waals surface area contributed by atoms with Gasteiger partial charge in [0.15, 0.2) is 0 Å². The second-order valence-corrected chi connectivity index (χ2v) is 6.25. The average Bonchev–Trinajstić information content (AvgIpc) is 2.38. The molecule has 8 heteroatoms. The second-order valence-electron chi connectivity index (χ2n) is 4.55. The van der Waals surface area contributed by atoms with Gasteiger partial charge in [-0.3, -0.25) is 0 Å². The predicted octanol–water partition coefficient (Wildman–Crippen LogP) is 2.94. The van der Waals surface area contributed by atoms with Gasteiger partial charge in [0.05, 0.1) is 5.56 Å². The van der Waals surface area contributed by atoms with Crippen molar-refractivity contribution >= 4 is 10.2 Å². The standard InChI is InChI=1S/C13H19F3N2O2S/c1-4-18(5-2)21(19,20)17-10(3)11-6-8-12(9-7-11)13(14,15)16/h6-10,17H,4-5H2,1-3H3.